The van der Waals surface area contributed by atoms with Crippen LogP contribution in [0.3, 0.4) is 0 Å². The molecule has 1 fully saturated rings. The van der Waals surface area contributed by atoms with Crippen LogP contribution < -0.4 is 5.32 Å². The molecule has 0 bridgehead atoms. The SMILES string of the molecule is CC(C)CNCc1cn(CCOCC2CCOCC2)nn1. The molecule has 1 aromatic heterocycles. The van der Waals surface area contributed by atoms with Crippen molar-refractivity contribution >= 4 is 0 Å². The molecule has 0 aliphatic carbocycles. The van der Waals surface area contributed by atoms with Crippen molar-refractivity contribution in [3.05, 3.63) is 11.9 Å². The van der Waals surface area contributed by atoms with Gasteiger partial charge >= 0.3 is 0 Å². The van der Waals surface area contributed by atoms with Crippen molar-refractivity contribution in [2.24, 2.45) is 11.8 Å². The van der Waals surface area contributed by atoms with Crippen molar-refractivity contribution in [2.45, 2.75) is 39.8 Å². The highest BCUT2D eigenvalue weighted by Crippen LogP contribution is 2.14. The maximum absolute atomic E-state index is 5.74. The Kier molecular flexibility index (Phi) is 7.12. The van der Waals surface area contributed by atoms with Gasteiger partial charge in [0, 0.05) is 32.6 Å². The van der Waals surface area contributed by atoms with Crippen LogP contribution in [0.1, 0.15) is 32.4 Å². The third-order valence-electron chi connectivity index (χ3n) is 3.60. The molecule has 1 saturated heterocycles. The molecule has 6 heteroatoms. The summed E-state index contributed by atoms with van der Waals surface area (Å²) in [6.07, 6.45) is 4.23. The number of rotatable bonds is 9. The minimum Gasteiger partial charge on any atom is -0.381 e. The summed E-state index contributed by atoms with van der Waals surface area (Å²) in [5, 5.41) is 11.7. The Morgan fingerprint density at radius 3 is 3.00 bits per heavy atom. The van der Waals surface area contributed by atoms with Gasteiger partial charge in [-0.1, -0.05) is 19.1 Å². The second kappa shape index (κ2) is 9.12. The lowest BCUT2D eigenvalue weighted by atomic mass is 10.0. The van der Waals surface area contributed by atoms with Gasteiger partial charge in [-0.05, 0) is 31.2 Å². The lowest BCUT2D eigenvalue weighted by molar-refractivity contribution is 0.0183. The smallest absolute Gasteiger partial charge is 0.0964 e. The Balaban J connectivity index is 1.57. The molecule has 21 heavy (non-hydrogen) atoms. The Bertz CT molecular complexity index is 389. The van der Waals surface area contributed by atoms with E-state index in [1.54, 1.807) is 0 Å². The van der Waals surface area contributed by atoms with Crippen molar-refractivity contribution in [1.82, 2.24) is 20.3 Å². The maximum Gasteiger partial charge on any atom is 0.0964 e. The maximum atomic E-state index is 5.74. The van der Waals surface area contributed by atoms with Gasteiger partial charge in [0.2, 0.25) is 0 Å². The van der Waals surface area contributed by atoms with Crippen molar-refractivity contribution in [2.75, 3.05) is 33.0 Å². The summed E-state index contributed by atoms with van der Waals surface area (Å²) >= 11 is 0. The van der Waals surface area contributed by atoms with E-state index < -0.39 is 0 Å². The number of hydrogen-bond donors (Lipinski definition) is 1. The van der Waals surface area contributed by atoms with E-state index in [1.807, 2.05) is 10.9 Å². The molecular weight excluding hydrogens is 268 g/mol. The van der Waals surface area contributed by atoms with Crippen LogP contribution >= 0.6 is 0 Å². The molecule has 1 aliphatic rings. The average Bonchev–Trinajstić information content (AvgIpc) is 2.92. The van der Waals surface area contributed by atoms with Gasteiger partial charge < -0.3 is 14.8 Å². The molecule has 2 heterocycles. The molecule has 0 amide bonds. The predicted octanol–water partition coefficient (Wildman–Crippen LogP) is 1.47. The predicted molar refractivity (Wildman–Crippen MR) is 80.9 cm³/mol. The highest BCUT2D eigenvalue weighted by molar-refractivity contribution is 4.91. The van der Waals surface area contributed by atoms with E-state index in [4.69, 9.17) is 9.47 Å². The number of nitrogens with zero attached hydrogens (tertiary/aromatic N) is 3. The minimum absolute atomic E-state index is 0.652. The van der Waals surface area contributed by atoms with Crippen LogP contribution in [0.25, 0.3) is 0 Å². The summed E-state index contributed by atoms with van der Waals surface area (Å²) in [6.45, 7) is 10.2. The first-order chi connectivity index (χ1) is 10.2. The zero-order chi connectivity index (χ0) is 14.9. The molecule has 6 nitrogen and oxygen atoms in total. The van der Waals surface area contributed by atoms with Crippen LogP contribution in [0.5, 0.6) is 0 Å². The molecule has 2 rings (SSSR count). The van der Waals surface area contributed by atoms with Crippen LogP contribution in [0.4, 0.5) is 0 Å². The molecular formula is C15H28N4O2. The van der Waals surface area contributed by atoms with E-state index in [9.17, 15) is 0 Å². The van der Waals surface area contributed by atoms with Gasteiger partial charge in [0.05, 0.1) is 18.8 Å². The first-order valence-electron chi connectivity index (χ1n) is 7.99. The largest absolute Gasteiger partial charge is 0.381 e. The third kappa shape index (κ3) is 6.54. The minimum atomic E-state index is 0.652. The topological polar surface area (TPSA) is 61.2 Å². The molecule has 0 unspecified atom stereocenters. The van der Waals surface area contributed by atoms with Gasteiger partial charge in [0.25, 0.3) is 0 Å². The summed E-state index contributed by atoms with van der Waals surface area (Å²) < 4.78 is 12.9. The van der Waals surface area contributed by atoms with Gasteiger partial charge in [0.15, 0.2) is 0 Å². The molecule has 0 saturated carbocycles. The van der Waals surface area contributed by atoms with E-state index in [-0.39, 0.29) is 0 Å². The number of ether oxygens (including phenoxy) is 2. The fourth-order valence-corrected chi connectivity index (χ4v) is 2.34. The van der Waals surface area contributed by atoms with Crippen molar-refractivity contribution in [3.8, 4) is 0 Å². The molecule has 0 aromatic carbocycles. The van der Waals surface area contributed by atoms with Crippen LogP contribution in [0, 0.1) is 11.8 Å². The monoisotopic (exact) mass is 296 g/mol. The highest BCUT2D eigenvalue weighted by Gasteiger charge is 2.13. The van der Waals surface area contributed by atoms with Gasteiger partial charge in [0.1, 0.15) is 0 Å². The van der Waals surface area contributed by atoms with Crippen LogP contribution in [0.2, 0.25) is 0 Å². The third-order valence-corrected chi connectivity index (χ3v) is 3.60. The fraction of sp³-hybridized carbons (Fsp3) is 0.867. The molecule has 1 aromatic rings. The molecule has 0 radical (unpaired) electrons. The lowest BCUT2D eigenvalue weighted by Crippen LogP contribution is -2.21. The quantitative estimate of drug-likeness (QED) is 0.699. The highest BCUT2D eigenvalue weighted by atomic mass is 16.5. The second-order valence-electron chi connectivity index (χ2n) is 6.13. The van der Waals surface area contributed by atoms with E-state index in [2.05, 4.69) is 29.5 Å². The normalized spacial score (nSPS) is 16.7. The molecule has 1 aliphatic heterocycles. The Labute approximate surface area is 127 Å². The van der Waals surface area contributed by atoms with Gasteiger partial charge in [-0.2, -0.15) is 0 Å². The van der Waals surface area contributed by atoms with E-state index in [1.165, 1.54) is 0 Å². The van der Waals surface area contributed by atoms with Gasteiger partial charge in [-0.15, -0.1) is 5.10 Å². The van der Waals surface area contributed by atoms with Crippen molar-refractivity contribution < 1.29 is 9.47 Å². The Morgan fingerprint density at radius 1 is 1.43 bits per heavy atom. The van der Waals surface area contributed by atoms with E-state index >= 15 is 0 Å². The van der Waals surface area contributed by atoms with Crippen LogP contribution in [0.15, 0.2) is 6.20 Å². The summed E-state index contributed by atoms with van der Waals surface area (Å²) in [6, 6.07) is 0. The average molecular weight is 296 g/mol. The second-order valence-corrected chi connectivity index (χ2v) is 6.13. The standard InChI is InChI=1S/C15H28N4O2/c1-13(2)9-16-10-15-11-19(18-17-15)5-8-21-12-14-3-6-20-7-4-14/h11,13-14,16H,3-10,12H2,1-2H3. The van der Waals surface area contributed by atoms with Crippen molar-refractivity contribution in [1.29, 1.82) is 0 Å². The van der Waals surface area contributed by atoms with Crippen LogP contribution in [-0.2, 0) is 22.6 Å². The summed E-state index contributed by atoms with van der Waals surface area (Å²) in [5.74, 6) is 1.31. The van der Waals surface area contributed by atoms with E-state index in [0.29, 0.717) is 18.4 Å². The summed E-state index contributed by atoms with van der Waals surface area (Å²) in [5.41, 5.74) is 0.986. The van der Waals surface area contributed by atoms with Crippen LogP contribution in [-0.4, -0.2) is 48.0 Å². The molecule has 0 spiro atoms. The summed E-state index contributed by atoms with van der Waals surface area (Å²) in [4.78, 5) is 0. The number of hydrogen-bond acceptors (Lipinski definition) is 5. The van der Waals surface area contributed by atoms with Crippen molar-refractivity contribution in [3.63, 3.8) is 0 Å². The van der Waals surface area contributed by atoms with E-state index in [0.717, 1.165) is 58.0 Å². The van der Waals surface area contributed by atoms with Gasteiger partial charge in [-0.25, -0.2) is 4.68 Å². The zero-order valence-corrected chi connectivity index (χ0v) is 13.3. The Hall–Kier alpha value is -0.980. The number of nitrogens with one attached hydrogen (secondary N) is 1. The first-order valence-corrected chi connectivity index (χ1v) is 7.99. The first kappa shape index (κ1) is 16.4. The van der Waals surface area contributed by atoms with Gasteiger partial charge in [-0.3, -0.25) is 0 Å². The zero-order valence-electron chi connectivity index (χ0n) is 13.3. The molecule has 120 valence electrons. The Morgan fingerprint density at radius 2 is 2.24 bits per heavy atom. The molecule has 1 N–H and O–H groups in total. The lowest BCUT2D eigenvalue weighted by Gasteiger charge is -2.21. The summed E-state index contributed by atoms with van der Waals surface area (Å²) in [7, 11) is 0. The fourth-order valence-electron chi connectivity index (χ4n) is 2.34. The number of aromatic nitrogens is 3. The molecule has 0 atom stereocenters.